The quantitative estimate of drug-likeness (QED) is 0.117. The predicted molar refractivity (Wildman–Crippen MR) is 260 cm³/mol. The van der Waals surface area contributed by atoms with Crippen LogP contribution >= 0.6 is 0 Å². The van der Waals surface area contributed by atoms with Crippen molar-refractivity contribution in [1.29, 1.82) is 0 Å². The van der Waals surface area contributed by atoms with Gasteiger partial charge in [-0.1, -0.05) is 195 Å². The standard InChI is InChI=1S/C56H50.C2H6.C2H2/c1-9-11-43(10-2)55(46-25-18-39(7)40(8)32-46)51-30-37(5)16-26-47(51)49-28-19-41(33-53(49)55)42-20-29-50-48-27-17-38(6)31-52(48)56(54(50)34-42,44-21-12-35(3)13-22-44)45-23-14-36(4)15-24-45;2*1-2/h9-34,39H,8H2,1-7H3;1-2H3;1-2H/b11-9-,43-10+;;. The molecule has 0 N–H and O–H groups in total. The monoisotopic (exact) mass is 778 g/mol. The average molecular weight is 779 g/mol. The minimum absolute atomic E-state index is 0.303. The summed E-state index contributed by atoms with van der Waals surface area (Å²) in [5.74, 6) is 0.303. The fourth-order valence-corrected chi connectivity index (χ4v) is 10.0. The molecule has 6 aromatic carbocycles. The Bertz CT molecular complexity index is 2710. The van der Waals surface area contributed by atoms with Gasteiger partial charge in [-0.25, -0.2) is 0 Å². The molecule has 6 aromatic rings. The van der Waals surface area contributed by atoms with Crippen molar-refractivity contribution in [3.8, 4) is 46.2 Å². The van der Waals surface area contributed by atoms with Crippen LogP contribution in [0, 0.1) is 46.5 Å². The Morgan fingerprint density at radius 2 is 0.983 bits per heavy atom. The van der Waals surface area contributed by atoms with Crippen LogP contribution in [0.15, 0.2) is 181 Å². The number of rotatable bonds is 6. The molecule has 3 aliphatic rings. The zero-order valence-corrected chi connectivity index (χ0v) is 37.0. The Hall–Kier alpha value is -6.42. The molecule has 298 valence electrons. The maximum absolute atomic E-state index is 4.54. The lowest BCUT2D eigenvalue weighted by Gasteiger charge is -2.37. The Morgan fingerprint density at radius 1 is 0.567 bits per heavy atom. The molecule has 0 saturated heterocycles. The zero-order valence-electron chi connectivity index (χ0n) is 37.0. The number of benzene rings is 6. The van der Waals surface area contributed by atoms with Crippen LogP contribution in [-0.2, 0) is 10.8 Å². The Morgan fingerprint density at radius 3 is 1.47 bits per heavy atom. The van der Waals surface area contributed by atoms with Crippen LogP contribution in [-0.4, -0.2) is 0 Å². The molecule has 0 heterocycles. The number of allylic oxidation sites excluding steroid dienone is 9. The first-order valence-corrected chi connectivity index (χ1v) is 21.5. The summed E-state index contributed by atoms with van der Waals surface area (Å²) in [5.41, 5.74) is 23.4. The average Bonchev–Trinajstić information content (AvgIpc) is 3.72. The summed E-state index contributed by atoms with van der Waals surface area (Å²) in [4.78, 5) is 0. The van der Waals surface area contributed by atoms with Crippen molar-refractivity contribution in [3.63, 3.8) is 0 Å². The molecule has 0 radical (unpaired) electrons. The Kier molecular flexibility index (Phi) is 11.6. The smallest absolute Gasteiger partial charge is 0.0713 e. The van der Waals surface area contributed by atoms with Gasteiger partial charge < -0.3 is 0 Å². The minimum Gasteiger partial charge on any atom is -0.124 e. The maximum atomic E-state index is 4.54. The number of hydrogen-bond donors (Lipinski definition) is 0. The second kappa shape index (κ2) is 16.7. The van der Waals surface area contributed by atoms with Crippen molar-refractivity contribution in [2.75, 3.05) is 0 Å². The molecule has 0 heteroatoms. The van der Waals surface area contributed by atoms with Crippen molar-refractivity contribution in [1.82, 2.24) is 0 Å². The summed E-state index contributed by atoms with van der Waals surface area (Å²) in [6, 6.07) is 47.0. The van der Waals surface area contributed by atoms with Gasteiger partial charge in [-0.15, -0.1) is 12.8 Å². The molecule has 2 unspecified atom stereocenters. The summed E-state index contributed by atoms with van der Waals surface area (Å²) in [5, 5.41) is 0. The van der Waals surface area contributed by atoms with Gasteiger partial charge in [-0.2, -0.15) is 0 Å². The van der Waals surface area contributed by atoms with E-state index in [1.54, 1.807) is 0 Å². The van der Waals surface area contributed by atoms with Crippen LogP contribution < -0.4 is 0 Å². The van der Waals surface area contributed by atoms with Gasteiger partial charge in [0.25, 0.3) is 0 Å². The van der Waals surface area contributed by atoms with Crippen LogP contribution in [0.1, 0.15) is 90.3 Å². The van der Waals surface area contributed by atoms with E-state index < -0.39 is 10.8 Å². The number of aryl methyl sites for hydroxylation is 4. The summed E-state index contributed by atoms with van der Waals surface area (Å²) in [6.45, 7) is 23.9. The molecule has 0 nitrogen and oxygen atoms in total. The van der Waals surface area contributed by atoms with Crippen LogP contribution in [0.3, 0.4) is 0 Å². The molecule has 3 aliphatic carbocycles. The van der Waals surface area contributed by atoms with E-state index in [4.69, 9.17) is 0 Å². The Labute approximate surface area is 360 Å². The van der Waals surface area contributed by atoms with Gasteiger partial charge in [0.2, 0.25) is 0 Å². The maximum Gasteiger partial charge on any atom is 0.0713 e. The van der Waals surface area contributed by atoms with Crippen LogP contribution in [0.4, 0.5) is 0 Å². The largest absolute Gasteiger partial charge is 0.124 e. The minimum atomic E-state index is -0.494. The Balaban J connectivity index is 0.00000132. The highest BCUT2D eigenvalue weighted by atomic mass is 14.5. The molecule has 0 amide bonds. The van der Waals surface area contributed by atoms with Crippen molar-refractivity contribution < 1.29 is 0 Å². The van der Waals surface area contributed by atoms with Gasteiger partial charge in [-0.3, -0.25) is 0 Å². The van der Waals surface area contributed by atoms with Gasteiger partial charge in [0, 0.05) is 0 Å². The molecule has 0 aromatic heterocycles. The van der Waals surface area contributed by atoms with Gasteiger partial charge in [0.05, 0.1) is 10.8 Å². The molecule has 9 rings (SSSR count). The van der Waals surface area contributed by atoms with Gasteiger partial charge >= 0.3 is 0 Å². The van der Waals surface area contributed by atoms with E-state index in [0.717, 1.165) is 5.57 Å². The number of hydrogen-bond acceptors (Lipinski definition) is 0. The van der Waals surface area contributed by atoms with E-state index in [2.05, 4.69) is 226 Å². The highest BCUT2D eigenvalue weighted by molar-refractivity contribution is 5.92. The third kappa shape index (κ3) is 6.40. The van der Waals surface area contributed by atoms with E-state index in [-0.39, 0.29) is 0 Å². The highest BCUT2D eigenvalue weighted by Crippen LogP contribution is 2.60. The van der Waals surface area contributed by atoms with Gasteiger partial charge in [-0.05, 0) is 143 Å². The SMILES string of the molecule is C#C.C=C1C=C(C2(C(/C=C\C)=C/C)c3cc(C)ccc3-c3ccc(-c4ccc5c(c4)C(c4ccc(C)cc4)(c4ccc(C)cc4)c4cc(C)ccc4-5)cc32)C=CC1C.CC. The topological polar surface area (TPSA) is 0 Å². The summed E-state index contributed by atoms with van der Waals surface area (Å²) in [6.07, 6.45) is 21.9. The van der Waals surface area contributed by atoms with Crippen molar-refractivity contribution in [2.45, 2.75) is 73.1 Å². The summed E-state index contributed by atoms with van der Waals surface area (Å²) >= 11 is 0. The van der Waals surface area contributed by atoms with Crippen molar-refractivity contribution in [2.24, 2.45) is 5.92 Å². The first kappa shape index (κ1) is 41.7. The molecule has 60 heavy (non-hydrogen) atoms. The molecule has 0 aliphatic heterocycles. The molecular weight excluding hydrogens is 721 g/mol. The fraction of sp³-hybridized carbons (Fsp3) is 0.200. The van der Waals surface area contributed by atoms with Gasteiger partial charge in [0.15, 0.2) is 0 Å². The predicted octanol–water partition coefficient (Wildman–Crippen LogP) is 15.7. The molecule has 0 saturated carbocycles. The van der Waals surface area contributed by atoms with Crippen LogP contribution in [0.2, 0.25) is 0 Å². The molecule has 2 atom stereocenters. The third-order valence-electron chi connectivity index (χ3n) is 12.9. The van der Waals surface area contributed by atoms with E-state index in [1.807, 2.05) is 13.8 Å². The second-order valence-electron chi connectivity index (χ2n) is 16.4. The van der Waals surface area contributed by atoms with Crippen molar-refractivity contribution in [3.05, 3.63) is 237 Å². The fourth-order valence-electron chi connectivity index (χ4n) is 10.0. The summed E-state index contributed by atoms with van der Waals surface area (Å²) < 4.78 is 0. The number of fused-ring (bicyclic) bond motifs is 6. The lowest BCUT2D eigenvalue weighted by Crippen LogP contribution is -2.30. The third-order valence-corrected chi connectivity index (χ3v) is 12.9. The first-order chi connectivity index (χ1) is 29.1. The first-order valence-electron chi connectivity index (χ1n) is 21.5. The molecule has 0 fully saturated rings. The van der Waals surface area contributed by atoms with E-state index in [9.17, 15) is 0 Å². The lowest BCUT2D eigenvalue weighted by molar-refractivity contribution is 0.745. The van der Waals surface area contributed by atoms with E-state index >= 15 is 0 Å². The van der Waals surface area contributed by atoms with Crippen LogP contribution in [0.5, 0.6) is 0 Å². The van der Waals surface area contributed by atoms with E-state index in [0.29, 0.717) is 5.92 Å². The van der Waals surface area contributed by atoms with Gasteiger partial charge in [0.1, 0.15) is 0 Å². The highest BCUT2D eigenvalue weighted by Gasteiger charge is 2.49. The van der Waals surface area contributed by atoms with Crippen molar-refractivity contribution >= 4 is 0 Å². The number of terminal acetylenes is 1. The van der Waals surface area contributed by atoms with Crippen LogP contribution in [0.25, 0.3) is 33.4 Å². The molecule has 0 bridgehead atoms. The molecular formula is C60H58. The zero-order chi connectivity index (χ0) is 42.9. The molecule has 0 spiro atoms. The van der Waals surface area contributed by atoms with E-state index in [1.165, 1.54) is 100 Å². The lowest BCUT2D eigenvalue weighted by atomic mass is 9.64. The normalized spacial score (nSPS) is 18.0. The summed E-state index contributed by atoms with van der Waals surface area (Å²) in [7, 11) is 0. The second-order valence-corrected chi connectivity index (χ2v) is 16.4.